The van der Waals surface area contributed by atoms with E-state index in [-0.39, 0.29) is 6.61 Å². The van der Waals surface area contributed by atoms with Gasteiger partial charge in [0.15, 0.2) is 0 Å². The third-order valence-corrected chi connectivity index (χ3v) is 8.99. The van der Waals surface area contributed by atoms with Gasteiger partial charge in [0.1, 0.15) is 6.61 Å². The van der Waals surface area contributed by atoms with Gasteiger partial charge in [-0.25, -0.2) is 14.0 Å². The number of benzene rings is 3. The number of pyridine rings is 1. The molecule has 0 aliphatic heterocycles. The zero-order valence-corrected chi connectivity index (χ0v) is 21.3. The Bertz CT molecular complexity index is 1500. The first-order valence-electron chi connectivity index (χ1n) is 12.1. The minimum Gasteiger partial charge on any atom is -0.443 e. The highest BCUT2D eigenvalue weighted by Gasteiger charge is 2.53. The second-order valence-corrected chi connectivity index (χ2v) is 11.6. The number of carbonyl (C=O) groups excluding carboxylic acids is 1. The fourth-order valence-corrected chi connectivity index (χ4v) is 6.14. The molecule has 1 unspecified atom stereocenters. The summed E-state index contributed by atoms with van der Waals surface area (Å²) in [6.45, 7) is 0.0793. The first-order chi connectivity index (χ1) is 18.0. The predicted octanol–water partition coefficient (Wildman–Crippen LogP) is 6.67. The lowest BCUT2D eigenvalue weighted by Gasteiger charge is -2.17. The van der Waals surface area contributed by atoms with E-state index in [2.05, 4.69) is 9.35 Å². The summed E-state index contributed by atoms with van der Waals surface area (Å²) in [6, 6.07) is 33.0. The van der Waals surface area contributed by atoms with Crippen molar-refractivity contribution in [2.45, 2.75) is 24.2 Å². The van der Waals surface area contributed by atoms with Crippen LogP contribution < -0.4 is 0 Å². The summed E-state index contributed by atoms with van der Waals surface area (Å²) in [5.41, 5.74) is 4.97. The van der Waals surface area contributed by atoms with Crippen molar-refractivity contribution in [2.24, 2.45) is 9.36 Å². The van der Waals surface area contributed by atoms with Crippen molar-refractivity contribution in [3.63, 3.8) is 0 Å². The molecule has 186 valence electrons. The summed E-state index contributed by atoms with van der Waals surface area (Å²) in [7, 11) is -2.97. The fraction of sp³-hybridized carbons (Fsp3) is 0.167. The topological polar surface area (TPSA) is 81.0 Å². The monoisotopic (exact) mass is 509 g/mol. The maximum atomic E-state index is 13.7. The van der Waals surface area contributed by atoms with Crippen LogP contribution in [-0.2, 0) is 25.8 Å². The van der Waals surface area contributed by atoms with Gasteiger partial charge in [0.05, 0.1) is 31.6 Å². The normalized spacial score (nSPS) is 15.2. The molecule has 0 spiro atoms. The Kier molecular flexibility index (Phi) is 6.97. The van der Waals surface area contributed by atoms with Gasteiger partial charge in [0.2, 0.25) is 0 Å². The summed E-state index contributed by atoms with van der Waals surface area (Å²) in [5, 5.41) is 0. The Labute approximate surface area is 217 Å². The van der Waals surface area contributed by atoms with Gasteiger partial charge in [-0.05, 0) is 30.5 Å². The van der Waals surface area contributed by atoms with Gasteiger partial charge in [0, 0.05) is 23.6 Å². The maximum absolute atomic E-state index is 13.7. The van der Waals surface area contributed by atoms with E-state index in [1.807, 2.05) is 103 Å². The van der Waals surface area contributed by atoms with Crippen LogP contribution in [0.3, 0.4) is 0 Å². The number of nitrogens with zero attached hydrogens (tertiary/aromatic N) is 3. The molecular weight excluding hydrogens is 482 g/mol. The lowest BCUT2D eigenvalue weighted by molar-refractivity contribution is 0.151. The number of hydrogen-bond donors (Lipinski definition) is 0. The Morgan fingerprint density at radius 2 is 1.46 bits per heavy atom. The molecule has 1 aliphatic rings. The third-order valence-electron chi connectivity index (χ3n) is 6.43. The third kappa shape index (κ3) is 5.52. The molecule has 1 saturated carbocycles. The molecule has 3 aromatic carbocycles. The second-order valence-electron chi connectivity index (χ2n) is 9.02. The van der Waals surface area contributed by atoms with E-state index in [0.717, 1.165) is 22.4 Å². The molecule has 1 fully saturated rings. The van der Waals surface area contributed by atoms with Crippen molar-refractivity contribution in [1.29, 1.82) is 0 Å². The molecule has 6 nitrogen and oxygen atoms in total. The van der Waals surface area contributed by atoms with E-state index in [1.165, 1.54) is 6.26 Å². The fourth-order valence-electron chi connectivity index (χ4n) is 4.27. The van der Waals surface area contributed by atoms with Gasteiger partial charge in [-0.2, -0.15) is 0 Å². The zero-order chi connectivity index (χ0) is 25.7. The van der Waals surface area contributed by atoms with Gasteiger partial charge in [-0.15, -0.1) is 4.36 Å². The molecular formula is C30H27N3O3S. The molecule has 1 aromatic heterocycles. The summed E-state index contributed by atoms with van der Waals surface area (Å²) < 4.78 is 22.2. The Hall–Kier alpha value is -4.10. The molecule has 0 N–H and O–H groups in total. The van der Waals surface area contributed by atoms with E-state index in [9.17, 15) is 9.00 Å². The number of ether oxygens (including phenoxy) is 1. The lowest BCUT2D eigenvalue weighted by atomic mass is 10.0. The van der Waals surface area contributed by atoms with Crippen LogP contribution in [0, 0.1) is 0 Å². The number of hydrogen-bond acceptors (Lipinski definition) is 5. The van der Waals surface area contributed by atoms with Crippen LogP contribution in [-0.4, -0.2) is 27.3 Å². The largest absolute Gasteiger partial charge is 0.443 e. The number of carbonyl (C=O) groups is 1. The minimum absolute atomic E-state index is 0.0793. The molecule has 37 heavy (non-hydrogen) atoms. The van der Waals surface area contributed by atoms with Crippen LogP contribution in [0.4, 0.5) is 10.5 Å². The number of aromatic nitrogens is 1. The van der Waals surface area contributed by atoms with Gasteiger partial charge in [-0.1, -0.05) is 91.0 Å². The first kappa shape index (κ1) is 24.6. The van der Waals surface area contributed by atoms with Gasteiger partial charge >= 0.3 is 6.09 Å². The van der Waals surface area contributed by atoms with Crippen LogP contribution in [0.2, 0.25) is 0 Å². The second kappa shape index (κ2) is 10.5. The molecule has 7 heteroatoms. The van der Waals surface area contributed by atoms with Crippen LogP contribution in [0.5, 0.6) is 0 Å². The van der Waals surface area contributed by atoms with Crippen molar-refractivity contribution < 1.29 is 13.7 Å². The molecule has 1 atom stereocenters. The van der Waals surface area contributed by atoms with Crippen molar-refractivity contribution in [2.75, 3.05) is 6.26 Å². The summed E-state index contributed by atoms with van der Waals surface area (Å²) in [6.07, 6.45) is 3.61. The van der Waals surface area contributed by atoms with Crippen LogP contribution in [0.25, 0.3) is 0 Å². The number of aliphatic imine (C=N–C) groups is 1. The lowest BCUT2D eigenvalue weighted by Crippen LogP contribution is -2.22. The van der Waals surface area contributed by atoms with E-state index in [4.69, 9.17) is 9.73 Å². The summed E-state index contributed by atoms with van der Waals surface area (Å²) >= 11 is 0. The summed E-state index contributed by atoms with van der Waals surface area (Å²) in [4.78, 5) is 22.0. The van der Waals surface area contributed by atoms with E-state index in [0.29, 0.717) is 24.2 Å². The zero-order valence-electron chi connectivity index (χ0n) is 20.5. The molecule has 1 aliphatic carbocycles. The average molecular weight is 510 g/mol. The molecule has 4 aromatic rings. The van der Waals surface area contributed by atoms with Crippen molar-refractivity contribution in [1.82, 2.24) is 4.98 Å². The quantitative estimate of drug-likeness (QED) is 0.260. The van der Waals surface area contributed by atoms with E-state index < -0.39 is 20.6 Å². The molecule has 0 bridgehead atoms. The first-order valence-corrected chi connectivity index (χ1v) is 14.0. The Morgan fingerprint density at radius 1 is 0.892 bits per heavy atom. The van der Waals surface area contributed by atoms with E-state index in [1.54, 1.807) is 6.20 Å². The highest BCUT2D eigenvalue weighted by atomic mass is 32.2. The molecule has 0 saturated heterocycles. The van der Waals surface area contributed by atoms with Gasteiger partial charge in [-0.3, -0.25) is 4.98 Å². The number of rotatable bonds is 7. The average Bonchev–Trinajstić information content (AvgIpc) is 3.75. The molecule has 1 amide bonds. The summed E-state index contributed by atoms with van der Waals surface area (Å²) in [5.74, 6) is 0. The van der Waals surface area contributed by atoms with Crippen LogP contribution >= 0.6 is 0 Å². The van der Waals surface area contributed by atoms with Crippen molar-refractivity contribution in [3.05, 3.63) is 132 Å². The van der Waals surface area contributed by atoms with Gasteiger partial charge in [0.25, 0.3) is 0 Å². The predicted molar refractivity (Wildman–Crippen MR) is 146 cm³/mol. The Balaban J connectivity index is 1.44. The van der Waals surface area contributed by atoms with Crippen LogP contribution in [0.15, 0.2) is 119 Å². The van der Waals surface area contributed by atoms with Crippen LogP contribution in [0.1, 0.15) is 35.2 Å². The van der Waals surface area contributed by atoms with Gasteiger partial charge < -0.3 is 4.74 Å². The highest BCUT2D eigenvalue weighted by molar-refractivity contribution is 7.94. The molecule has 0 radical (unpaired) electrons. The molecule has 1 heterocycles. The highest BCUT2D eigenvalue weighted by Crippen LogP contribution is 2.53. The number of amides is 1. The van der Waals surface area contributed by atoms with E-state index >= 15 is 0 Å². The minimum atomic E-state index is -2.97. The van der Waals surface area contributed by atoms with Crippen molar-refractivity contribution >= 4 is 27.2 Å². The standard InChI is InChI=1S/C30H27N3O3S/c1-37(35,33-29(34)36-22-23-11-5-2-6-12-23)30(18-19-30)27-21-26(17-20-31-27)32-28(24-13-7-3-8-14-24)25-15-9-4-10-16-25/h2-17,20-21H,18-19,22H2,1H3. The molecule has 5 rings (SSSR count). The Morgan fingerprint density at radius 3 is 2.03 bits per heavy atom. The van der Waals surface area contributed by atoms with Crippen molar-refractivity contribution in [3.8, 4) is 0 Å². The SMILES string of the molecule is CS(=O)(=NC(=O)OCc1ccccc1)C1(c2cc(N=C(c3ccccc3)c3ccccc3)ccn2)CC1. The smallest absolute Gasteiger partial charge is 0.442 e. The maximum Gasteiger partial charge on any atom is 0.442 e.